The first-order chi connectivity index (χ1) is 8.04. The van der Waals surface area contributed by atoms with Gasteiger partial charge in [-0.3, -0.25) is 0 Å². The molecular formula is C12H12F3NO. The van der Waals surface area contributed by atoms with Crippen molar-refractivity contribution in [2.45, 2.75) is 12.3 Å². The molecule has 1 aliphatic heterocycles. The van der Waals surface area contributed by atoms with E-state index in [4.69, 9.17) is 0 Å². The molecule has 2 nitrogen and oxygen atoms in total. The molecule has 0 amide bonds. The van der Waals surface area contributed by atoms with Gasteiger partial charge in [-0.25, -0.2) is 0 Å². The van der Waals surface area contributed by atoms with Gasteiger partial charge in [0.05, 0.1) is 0 Å². The van der Waals surface area contributed by atoms with Crippen molar-refractivity contribution in [3.63, 3.8) is 0 Å². The van der Waals surface area contributed by atoms with Gasteiger partial charge in [-0.2, -0.15) is 0 Å². The van der Waals surface area contributed by atoms with Gasteiger partial charge in [0, 0.05) is 0 Å². The monoisotopic (exact) mass is 243 g/mol. The Hall–Kier alpha value is -1.23. The zero-order valence-corrected chi connectivity index (χ0v) is 9.00. The van der Waals surface area contributed by atoms with E-state index < -0.39 is 6.36 Å². The normalized spacial score (nSPS) is 31.1. The van der Waals surface area contributed by atoms with E-state index in [0.717, 1.165) is 18.7 Å². The van der Waals surface area contributed by atoms with Gasteiger partial charge in [-0.15, -0.1) is 13.2 Å². The second-order valence-corrected chi connectivity index (χ2v) is 4.63. The number of piperidine rings is 1. The maximum atomic E-state index is 12.1. The third-order valence-electron chi connectivity index (χ3n) is 3.57. The van der Waals surface area contributed by atoms with Crippen molar-refractivity contribution >= 4 is 0 Å². The first-order valence-corrected chi connectivity index (χ1v) is 5.61. The Bertz CT molecular complexity index is 422. The standard InChI is InChI=1S/C12H12F3NO/c13-12(14,15)17-8-3-1-2-7(4-8)11-9-5-16-6-10(9)11/h1-4,9-11,16H,5-6H2/t9-,10+,11?. The van der Waals surface area contributed by atoms with Crippen LogP contribution in [0.4, 0.5) is 13.2 Å². The topological polar surface area (TPSA) is 21.3 Å². The van der Waals surface area contributed by atoms with Crippen molar-refractivity contribution < 1.29 is 17.9 Å². The number of benzene rings is 1. The molecule has 1 saturated carbocycles. The van der Waals surface area contributed by atoms with Crippen molar-refractivity contribution in [3.05, 3.63) is 29.8 Å². The van der Waals surface area contributed by atoms with Crippen LogP contribution in [0.15, 0.2) is 24.3 Å². The van der Waals surface area contributed by atoms with Gasteiger partial charge < -0.3 is 10.1 Å². The molecule has 1 saturated heterocycles. The van der Waals surface area contributed by atoms with Crippen LogP contribution < -0.4 is 10.1 Å². The Morgan fingerprint density at radius 2 is 1.88 bits per heavy atom. The molecule has 1 N–H and O–H groups in total. The van der Waals surface area contributed by atoms with Crippen LogP contribution in [-0.2, 0) is 0 Å². The minimum atomic E-state index is -4.61. The largest absolute Gasteiger partial charge is 0.573 e. The van der Waals surface area contributed by atoms with Crippen LogP contribution in [0.25, 0.3) is 0 Å². The summed E-state index contributed by atoms with van der Waals surface area (Å²) in [5.74, 6) is 1.48. The SMILES string of the molecule is FC(F)(F)Oc1cccc(C2[C@H]3CNC[C@@H]23)c1. The lowest BCUT2D eigenvalue weighted by Crippen LogP contribution is -2.17. The lowest BCUT2D eigenvalue weighted by Gasteiger charge is -2.10. The zero-order valence-electron chi connectivity index (χ0n) is 9.00. The average Bonchev–Trinajstić information content (AvgIpc) is 2.70. The summed E-state index contributed by atoms with van der Waals surface area (Å²) in [6, 6.07) is 6.36. The van der Waals surface area contributed by atoms with Gasteiger partial charge in [0.15, 0.2) is 0 Å². The van der Waals surface area contributed by atoms with E-state index in [1.165, 1.54) is 12.1 Å². The van der Waals surface area contributed by atoms with Crippen LogP contribution >= 0.6 is 0 Å². The van der Waals surface area contributed by atoms with Crippen LogP contribution in [0.1, 0.15) is 11.5 Å². The number of alkyl halides is 3. The summed E-state index contributed by atoms with van der Waals surface area (Å²) >= 11 is 0. The zero-order chi connectivity index (χ0) is 12.0. The molecule has 1 unspecified atom stereocenters. The number of ether oxygens (including phenoxy) is 1. The van der Waals surface area contributed by atoms with E-state index >= 15 is 0 Å². The average molecular weight is 243 g/mol. The number of fused-ring (bicyclic) bond motifs is 1. The van der Waals surface area contributed by atoms with Crippen LogP contribution in [0.2, 0.25) is 0 Å². The van der Waals surface area contributed by atoms with Crippen LogP contribution in [0.3, 0.4) is 0 Å². The first kappa shape index (κ1) is 10.9. The summed E-state index contributed by atoms with van der Waals surface area (Å²) in [6.45, 7) is 1.94. The lowest BCUT2D eigenvalue weighted by molar-refractivity contribution is -0.274. The van der Waals surface area contributed by atoms with Crippen molar-refractivity contribution in [2.24, 2.45) is 11.8 Å². The molecule has 0 radical (unpaired) electrons. The predicted molar refractivity (Wildman–Crippen MR) is 55.7 cm³/mol. The number of halogens is 3. The Morgan fingerprint density at radius 3 is 2.53 bits per heavy atom. The molecule has 5 heteroatoms. The molecule has 1 aromatic rings. The van der Waals surface area contributed by atoms with E-state index in [0.29, 0.717) is 17.8 Å². The minimum absolute atomic E-state index is 0.118. The minimum Gasteiger partial charge on any atom is -0.406 e. The van der Waals surface area contributed by atoms with Crippen LogP contribution in [0.5, 0.6) is 5.75 Å². The second kappa shape index (κ2) is 3.63. The number of rotatable bonds is 2. The fraction of sp³-hybridized carbons (Fsp3) is 0.500. The quantitative estimate of drug-likeness (QED) is 0.861. The lowest BCUT2D eigenvalue weighted by atomic mass is 10.1. The molecule has 0 bridgehead atoms. The van der Waals surface area contributed by atoms with Crippen molar-refractivity contribution in [3.8, 4) is 5.75 Å². The number of hydrogen-bond acceptors (Lipinski definition) is 2. The fourth-order valence-electron chi connectivity index (χ4n) is 2.83. The van der Waals surface area contributed by atoms with E-state index in [2.05, 4.69) is 10.1 Å². The molecule has 17 heavy (non-hydrogen) atoms. The summed E-state index contributed by atoms with van der Waals surface area (Å²) in [4.78, 5) is 0. The summed E-state index contributed by atoms with van der Waals surface area (Å²) in [7, 11) is 0. The summed E-state index contributed by atoms with van der Waals surface area (Å²) in [5, 5.41) is 3.26. The molecule has 0 aromatic heterocycles. The van der Waals surface area contributed by atoms with Crippen LogP contribution in [0, 0.1) is 11.8 Å². The van der Waals surface area contributed by atoms with Gasteiger partial charge in [-0.05, 0) is 48.5 Å². The number of nitrogens with one attached hydrogen (secondary N) is 1. The van der Waals surface area contributed by atoms with Crippen molar-refractivity contribution in [2.75, 3.05) is 13.1 Å². The Kier molecular flexibility index (Phi) is 2.33. The highest BCUT2D eigenvalue weighted by atomic mass is 19.4. The highest BCUT2D eigenvalue weighted by Crippen LogP contribution is 2.56. The van der Waals surface area contributed by atoms with Crippen molar-refractivity contribution in [1.29, 1.82) is 0 Å². The highest BCUT2D eigenvalue weighted by molar-refractivity contribution is 5.36. The van der Waals surface area contributed by atoms with E-state index in [1.54, 1.807) is 6.07 Å². The maximum Gasteiger partial charge on any atom is 0.573 e. The highest BCUT2D eigenvalue weighted by Gasteiger charge is 2.53. The summed E-state index contributed by atoms with van der Waals surface area (Å²) in [6.07, 6.45) is -4.61. The van der Waals surface area contributed by atoms with Gasteiger partial charge in [-0.1, -0.05) is 12.1 Å². The fourth-order valence-corrected chi connectivity index (χ4v) is 2.83. The second-order valence-electron chi connectivity index (χ2n) is 4.63. The molecule has 3 atom stereocenters. The van der Waals surface area contributed by atoms with Gasteiger partial charge in [0.2, 0.25) is 0 Å². The number of hydrogen-bond donors (Lipinski definition) is 1. The Balaban J connectivity index is 1.76. The van der Waals surface area contributed by atoms with Crippen LogP contribution in [-0.4, -0.2) is 19.5 Å². The molecule has 2 fully saturated rings. The smallest absolute Gasteiger partial charge is 0.406 e. The Labute approximate surface area is 96.8 Å². The molecule has 1 aliphatic carbocycles. The van der Waals surface area contributed by atoms with E-state index in [-0.39, 0.29) is 5.75 Å². The molecular weight excluding hydrogens is 231 g/mol. The Morgan fingerprint density at radius 1 is 1.18 bits per heavy atom. The van der Waals surface area contributed by atoms with E-state index in [9.17, 15) is 13.2 Å². The molecule has 1 aromatic carbocycles. The van der Waals surface area contributed by atoms with Gasteiger partial charge in [0.25, 0.3) is 0 Å². The predicted octanol–water partition coefficient (Wildman–Crippen LogP) is 2.52. The van der Waals surface area contributed by atoms with Crippen molar-refractivity contribution in [1.82, 2.24) is 5.32 Å². The molecule has 0 spiro atoms. The van der Waals surface area contributed by atoms with Gasteiger partial charge >= 0.3 is 6.36 Å². The molecule has 92 valence electrons. The molecule has 2 aliphatic rings. The third kappa shape index (κ3) is 2.11. The van der Waals surface area contributed by atoms with Gasteiger partial charge in [0.1, 0.15) is 5.75 Å². The summed E-state index contributed by atoms with van der Waals surface area (Å²) in [5.41, 5.74) is 0.961. The molecule has 3 rings (SSSR count). The first-order valence-electron chi connectivity index (χ1n) is 5.61. The molecule has 1 heterocycles. The summed E-state index contributed by atoms with van der Waals surface area (Å²) < 4.78 is 40.2. The third-order valence-corrected chi connectivity index (χ3v) is 3.57. The van der Waals surface area contributed by atoms with E-state index in [1.807, 2.05) is 6.07 Å². The maximum absolute atomic E-state index is 12.1.